The minimum atomic E-state index is 0.331. The Kier molecular flexibility index (Phi) is 4.28. The Labute approximate surface area is 137 Å². The zero-order valence-corrected chi connectivity index (χ0v) is 14.2. The van der Waals surface area contributed by atoms with E-state index in [-0.39, 0.29) is 0 Å². The third-order valence-corrected chi connectivity index (χ3v) is 4.74. The van der Waals surface area contributed by atoms with Crippen LogP contribution in [-0.2, 0) is 19.4 Å². The van der Waals surface area contributed by atoms with Crippen molar-refractivity contribution in [2.45, 2.75) is 46.6 Å². The molecule has 0 amide bonds. The maximum Gasteiger partial charge on any atom is 0.121 e. The van der Waals surface area contributed by atoms with E-state index < -0.39 is 0 Å². The molecule has 124 valence electrons. The van der Waals surface area contributed by atoms with Crippen molar-refractivity contribution >= 4 is 5.69 Å². The summed E-state index contributed by atoms with van der Waals surface area (Å²) in [5.41, 5.74) is 9.25. The SMILES string of the molecule is CC(C)(C)C1CCc2c(nnn2CCOc2cccc(N)c2)C1. The number of nitrogens with two attached hydrogens (primary N) is 1. The molecule has 0 radical (unpaired) electrons. The van der Waals surface area contributed by atoms with E-state index in [2.05, 4.69) is 31.1 Å². The summed E-state index contributed by atoms with van der Waals surface area (Å²) in [4.78, 5) is 0. The minimum Gasteiger partial charge on any atom is -0.492 e. The summed E-state index contributed by atoms with van der Waals surface area (Å²) >= 11 is 0. The molecule has 0 saturated carbocycles. The Balaban J connectivity index is 1.60. The molecule has 0 aliphatic heterocycles. The Bertz CT molecular complexity index is 672. The monoisotopic (exact) mass is 314 g/mol. The average Bonchev–Trinajstić information content (AvgIpc) is 2.89. The Morgan fingerprint density at radius 3 is 2.91 bits per heavy atom. The predicted octanol–water partition coefficient (Wildman–Crippen LogP) is 3.09. The van der Waals surface area contributed by atoms with E-state index in [4.69, 9.17) is 10.5 Å². The van der Waals surface area contributed by atoms with Gasteiger partial charge in [-0.2, -0.15) is 0 Å². The fourth-order valence-corrected chi connectivity index (χ4v) is 3.22. The highest BCUT2D eigenvalue weighted by atomic mass is 16.5. The maximum atomic E-state index is 5.76. The van der Waals surface area contributed by atoms with Crippen LogP contribution in [0.2, 0.25) is 0 Å². The third-order valence-electron chi connectivity index (χ3n) is 4.74. The van der Waals surface area contributed by atoms with Crippen LogP contribution < -0.4 is 10.5 Å². The topological polar surface area (TPSA) is 66.0 Å². The molecule has 2 N–H and O–H groups in total. The van der Waals surface area contributed by atoms with E-state index in [1.165, 1.54) is 17.8 Å². The largest absolute Gasteiger partial charge is 0.492 e. The molecule has 5 nitrogen and oxygen atoms in total. The summed E-state index contributed by atoms with van der Waals surface area (Å²) < 4.78 is 7.76. The number of rotatable bonds is 4. The van der Waals surface area contributed by atoms with Crippen molar-refractivity contribution in [1.82, 2.24) is 15.0 Å². The average molecular weight is 314 g/mol. The van der Waals surface area contributed by atoms with E-state index in [9.17, 15) is 0 Å². The number of aromatic nitrogens is 3. The lowest BCUT2D eigenvalue weighted by Crippen LogP contribution is -2.27. The van der Waals surface area contributed by atoms with Gasteiger partial charge in [-0.15, -0.1) is 5.10 Å². The van der Waals surface area contributed by atoms with E-state index >= 15 is 0 Å². The summed E-state index contributed by atoms with van der Waals surface area (Å²) in [6, 6.07) is 7.51. The van der Waals surface area contributed by atoms with Crippen LogP contribution in [0.25, 0.3) is 0 Å². The molecular formula is C18H26N4O. The van der Waals surface area contributed by atoms with Gasteiger partial charge in [-0.3, -0.25) is 0 Å². The van der Waals surface area contributed by atoms with Crippen LogP contribution in [0.15, 0.2) is 24.3 Å². The molecule has 1 atom stereocenters. The standard InChI is InChI=1S/C18H26N4O/c1-18(2,3)13-7-8-17-16(11-13)20-21-22(17)9-10-23-15-6-4-5-14(19)12-15/h4-6,12-13H,7-11,19H2,1-3H3. The Hall–Kier alpha value is -2.04. The first-order valence-corrected chi connectivity index (χ1v) is 8.33. The number of hydrogen-bond donors (Lipinski definition) is 1. The molecule has 2 aromatic rings. The fraction of sp³-hybridized carbons (Fsp3) is 0.556. The van der Waals surface area contributed by atoms with Crippen LogP contribution >= 0.6 is 0 Å². The van der Waals surface area contributed by atoms with Gasteiger partial charge in [-0.1, -0.05) is 32.1 Å². The molecule has 0 fully saturated rings. The number of nitrogens with zero attached hydrogens (tertiary/aromatic N) is 3. The molecule has 3 rings (SSSR count). The second kappa shape index (κ2) is 6.22. The summed E-state index contributed by atoms with van der Waals surface area (Å²) in [6.07, 6.45) is 3.30. The van der Waals surface area contributed by atoms with Crippen molar-refractivity contribution in [3.8, 4) is 5.75 Å². The predicted molar refractivity (Wildman–Crippen MR) is 91.3 cm³/mol. The van der Waals surface area contributed by atoms with E-state index in [1.807, 2.05) is 28.9 Å². The lowest BCUT2D eigenvalue weighted by atomic mass is 9.73. The van der Waals surface area contributed by atoms with Gasteiger partial charge in [0.25, 0.3) is 0 Å². The van der Waals surface area contributed by atoms with Gasteiger partial charge in [0, 0.05) is 11.8 Å². The van der Waals surface area contributed by atoms with Crippen LogP contribution in [-0.4, -0.2) is 21.6 Å². The normalized spacial score (nSPS) is 17.8. The van der Waals surface area contributed by atoms with Gasteiger partial charge in [0.15, 0.2) is 0 Å². The first-order valence-electron chi connectivity index (χ1n) is 8.33. The molecule has 23 heavy (non-hydrogen) atoms. The first kappa shape index (κ1) is 15.8. The van der Waals surface area contributed by atoms with Crippen molar-refractivity contribution in [1.29, 1.82) is 0 Å². The number of hydrogen-bond acceptors (Lipinski definition) is 4. The third kappa shape index (κ3) is 3.66. The smallest absolute Gasteiger partial charge is 0.121 e. The van der Waals surface area contributed by atoms with Crippen LogP contribution in [0.1, 0.15) is 38.6 Å². The molecular weight excluding hydrogens is 288 g/mol. The quantitative estimate of drug-likeness (QED) is 0.881. The van der Waals surface area contributed by atoms with Crippen molar-refractivity contribution in [3.63, 3.8) is 0 Å². The van der Waals surface area contributed by atoms with Gasteiger partial charge in [-0.05, 0) is 42.7 Å². The molecule has 1 unspecified atom stereocenters. The molecule has 1 heterocycles. The number of benzene rings is 1. The van der Waals surface area contributed by atoms with Crippen LogP contribution in [0, 0.1) is 11.3 Å². The van der Waals surface area contributed by atoms with E-state index in [0.717, 1.165) is 25.1 Å². The second-order valence-corrected chi connectivity index (χ2v) is 7.43. The number of ether oxygens (including phenoxy) is 1. The maximum absolute atomic E-state index is 5.76. The van der Waals surface area contributed by atoms with Crippen molar-refractivity contribution in [2.75, 3.05) is 12.3 Å². The van der Waals surface area contributed by atoms with Crippen molar-refractivity contribution in [2.24, 2.45) is 11.3 Å². The molecule has 5 heteroatoms. The zero-order valence-electron chi connectivity index (χ0n) is 14.2. The summed E-state index contributed by atoms with van der Waals surface area (Å²) in [5, 5.41) is 8.72. The molecule has 0 saturated heterocycles. The van der Waals surface area contributed by atoms with E-state index in [1.54, 1.807) is 0 Å². The summed E-state index contributed by atoms with van der Waals surface area (Å²) in [5.74, 6) is 1.48. The molecule has 1 aromatic heterocycles. The second-order valence-electron chi connectivity index (χ2n) is 7.43. The molecule has 1 aromatic carbocycles. The molecule has 1 aliphatic carbocycles. The van der Waals surface area contributed by atoms with Gasteiger partial charge >= 0.3 is 0 Å². The van der Waals surface area contributed by atoms with Crippen molar-refractivity contribution in [3.05, 3.63) is 35.7 Å². The molecule has 1 aliphatic rings. The molecule has 0 bridgehead atoms. The van der Waals surface area contributed by atoms with E-state index in [0.29, 0.717) is 23.6 Å². The number of fused-ring (bicyclic) bond motifs is 1. The highest BCUT2D eigenvalue weighted by Crippen LogP contribution is 2.36. The van der Waals surface area contributed by atoms with Crippen LogP contribution in [0.4, 0.5) is 5.69 Å². The zero-order chi connectivity index (χ0) is 16.4. The van der Waals surface area contributed by atoms with Crippen molar-refractivity contribution < 1.29 is 4.74 Å². The van der Waals surface area contributed by atoms with Gasteiger partial charge in [0.1, 0.15) is 12.4 Å². The van der Waals surface area contributed by atoms with Crippen LogP contribution in [0.5, 0.6) is 5.75 Å². The summed E-state index contributed by atoms with van der Waals surface area (Å²) in [6.45, 7) is 8.23. The van der Waals surface area contributed by atoms with Gasteiger partial charge < -0.3 is 10.5 Å². The molecule has 0 spiro atoms. The lowest BCUT2D eigenvalue weighted by molar-refractivity contribution is 0.212. The lowest BCUT2D eigenvalue weighted by Gasteiger charge is -2.33. The van der Waals surface area contributed by atoms with Crippen LogP contribution in [0.3, 0.4) is 0 Å². The van der Waals surface area contributed by atoms with Gasteiger partial charge in [0.2, 0.25) is 0 Å². The summed E-state index contributed by atoms with van der Waals surface area (Å²) in [7, 11) is 0. The van der Waals surface area contributed by atoms with Gasteiger partial charge in [0.05, 0.1) is 17.9 Å². The highest BCUT2D eigenvalue weighted by Gasteiger charge is 2.31. The fourth-order valence-electron chi connectivity index (χ4n) is 3.22. The number of anilines is 1. The van der Waals surface area contributed by atoms with Gasteiger partial charge in [-0.25, -0.2) is 4.68 Å². The minimum absolute atomic E-state index is 0.331. The first-order chi connectivity index (χ1) is 10.9. The Morgan fingerprint density at radius 2 is 2.17 bits per heavy atom. The number of nitrogen functional groups attached to an aromatic ring is 1. The highest BCUT2D eigenvalue weighted by molar-refractivity contribution is 5.43. The Morgan fingerprint density at radius 1 is 1.35 bits per heavy atom.